The van der Waals surface area contributed by atoms with Gasteiger partial charge in [0.25, 0.3) is 0 Å². The number of nitriles is 3. The minimum atomic E-state index is -1.55. The summed E-state index contributed by atoms with van der Waals surface area (Å²) < 4.78 is 1.90. The van der Waals surface area contributed by atoms with Gasteiger partial charge in [-0.3, -0.25) is 4.68 Å². The molecule has 6 nitrogen and oxygen atoms in total. The number of fused-ring (bicyclic) bond motifs is 1. The lowest BCUT2D eigenvalue weighted by Crippen LogP contribution is -2.43. The van der Waals surface area contributed by atoms with Crippen LogP contribution in [0.5, 0.6) is 0 Å². The molecule has 0 aromatic carbocycles. The van der Waals surface area contributed by atoms with Crippen molar-refractivity contribution >= 4 is 0 Å². The Bertz CT molecular complexity index is 927. The first-order valence-corrected chi connectivity index (χ1v) is 8.93. The second-order valence-electron chi connectivity index (χ2n) is 7.01. The molecule has 1 aromatic rings. The van der Waals surface area contributed by atoms with Crippen molar-refractivity contribution in [3.8, 4) is 18.2 Å². The predicted molar refractivity (Wildman–Crippen MR) is 96.0 cm³/mol. The summed E-state index contributed by atoms with van der Waals surface area (Å²) in [4.78, 5) is 0. The van der Waals surface area contributed by atoms with Crippen molar-refractivity contribution in [1.29, 1.82) is 15.8 Å². The van der Waals surface area contributed by atoms with Crippen LogP contribution >= 0.6 is 0 Å². The van der Waals surface area contributed by atoms with Crippen molar-refractivity contribution in [2.24, 2.45) is 17.1 Å². The van der Waals surface area contributed by atoms with Gasteiger partial charge in [-0.25, -0.2) is 0 Å². The highest BCUT2D eigenvalue weighted by molar-refractivity contribution is 5.59. The molecule has 0 amide bonds. The second-order valence-corrected chi connectivity index (χ2v) is 7.01. The molecule has 3 rings (SSSR count). The molecule has 0 saturated heterocycles. The zero-order valence-corrected chi connectivity index (χ0v) is 15.4. The van der Waals surface area contributed by atoms with Gasteiger partial charge in [-0.2, -0.15) is 20.9 Å². The highest BCUT2D eigenvalue weighted by Gasteiger charge is 2.55. The number of aryl methyl sites for hydroxylation is 2. The smallest absolute Gasteiger partial charge is 0.191 e. The maximum atomic E-state index is 10.1. The number of rotatable bonds is 2. The molecule has 2 aliphatic carbocycles. The van der Waals surface area contributed by atoms with E-state index < -0.39 is 11.3 Å². The number of nitrogens with zero attached hydrogens (tertiary/aromatic N) is 5. The molecule has 1 aromatic heterocycles. The van der Waals surface area contributed by atoms with Crippen LogP contribution in [0.25, 0.3) is 0 Å². The van der Waals surface area contributed by atoms with Crippen LogP contribution in [-0.4, -0.2) is 9.78 Å². The minimum absolute atomic E-state index is 0.0723. The van der Waals surface area contributed by atoms with Crippen molar-refractivity contribution in [3.05, 3.63) is 39.9 Å². The molecule has 0 saturated carbocycles. The van der Waals surface area contributed by atoms with Crippen LogP contribution in [0.15, 0.2) is 22.9 Å². The van der Waals surface area contributed by atoms with Crippen LogP contribution in [0.1, 0.15) is 49.1 Å². The monoisotopic (exact) mass is 346 g/mol. The zero-order valence-electron chi connectivity index (χ0n) is 15.4. The molecule has 0 bridgehead atoms. The van der Waals surface area contributed by atoms with Crippen molar-refractivity contribution in [1.82, 2.24) is 9.78 Å². The molecule has 0 spiro atoms. The maximum Gasteiger partial charge on any atom is 0.191 e. The largest absolute Gasteiger partial charge is 0.399 e. The molecule has 0 unspecified atom stereocenters. The van der Waals surface area contributed by atoms with Crippen molar-refractivity contribution in [2.45, 2.75) is 52.5 Å². The lowest BCUT2D eigenvalue weighted by molar-refractivity contribution is 0.315. The first kappa shape index (κ1) is 17.8. The van der Waals surface area contributed by atoms with E-state index in [1.54, 1.807) is 0 Å². The van der Waals surface area contributed by atoms with E-state index in [0.29, 0.717) is 12.1 Å². The van der Waals surface area contributed by atoms with E-state index in [2.05, 4.69) is 29.4 Å². The maximum absolute atomic E-state index is 10.1. The third kappa shape index (κ3) is 2.18. The van der Waals surface area contributed by atoms with E-state index in [1.165, 1.54) is 0 Å². The van der Waals surface area contributed by atoms with Gasteiger partial charge in [0.2, 0.25) is 0 Å². The molecule has 132 valence electrons. The lowest BCUT2D eigenvalue weighted by Gasteiger charge is -2.43. The van der Waals surface area contributed by atoms with E-state index in [9.17, 15) is 15.8 Å². The van der Waals surface area contributed by atoms with Crippen LogP contribution < -0.4 is 5.73 Å². The fourth-order valence-electron chi connectivity index (χ4n) is 4.65. The van der Waals surface area contributed by atoms with Gasteiger partial charge < -0.3 is 5.73 Å². The molecular formula is C20H22N6. The van der Waals surface area contributed by atoms with Gasteiger partial charge in [0.05, 0.1) is 29.1 Å². The number of nitrogens with two attached hydrogens (primary N) is 1. The van der Waals surface area contributed by atoms with Gasteiger partial charge in [-0.1, -0.05) is 6.08 Å². The molecule has 0 aliphatic heterocycles. The molecule has 2 N–H and O–H groups in total. The van der Waals surface area contributed by atoms with E-state index in [0.717, 1.165) is 41.8 Å². The first-order chi connectivity index (χ1) is 12.5. The summed E-state index contributed by atoms with van der Waals surface area (Å²) in [5, 5.41) is 34.4. The van der Waals surface area contributed by atoms with Gasteiger partial charge in [-0.05, 0) is 51.5 Å². The lowest BCUT2D eigenvalue weighted by atomic mass is 9.56. The fourth-order valence-corrected chi connectivity index (χ4v) is 4.65. The van der Waals surface area contributed by atoms with Crippen LogP contribution in [0.2, 0.25) is 0 Å². The van der Waals surface area contributed by atoms with Crippen LogP contribution in [0.3, 0.4) is 0 Å². The Hall–Kier alpha value is -3.04. The SMILES string of the molecule is CCn1nc(C)c([C@H]2[C@H]3CCCC=C3C(C#N)=C(N)C2(C#N)C#N)c1C. The Labute approximate surface area is 153 Å². The first-order valence-electron chi connectivity index (χ1n) is 8.93. The topological polar surface area (TPSA) is 115 Å². The Morgan fingerprint density at radius 3 is 2.54 bits per heavy atom. The summed E-state index contributed by atoms with van der Waals surface area (Å²) in [7, 11) is 0. The van der Waals surface area contributed by atoms with Crippen LogP contribution in [0.4, 0.5) is 0 Å². The van der Waals surface area contributed by atoms with E-state index in [4.69, 9.17) is 5.73 Å². The second kappa shape index (κ2) is 6.36. The van der Waals surface area contributed by atoms with E-state index in [1.807, 2.05) is 25.5 Å². The summed E-state index contributed by atoms with van der Waals surface area (Å²) >= 11 is 0. The van der Waals surface area contributed by atoms with Crippen molar-refractivity contribution < 1.29 is 0 Å². The van der Waals surface area contributed by atoms with Gasteiger partial charge in [-0.15, -0.1) is 0 Å². The minimum Gasteiger partial charge on any atom is -0.399 e. The standard InChI is InChI=1S/C20H22N6/c1-4-26-13(3)17(12(2)25-26)18-15-8-6-5-7-14(15)16(9-21)19(24)20(18,10-22)11-23/h7,15,18H,4-6,8,24H2,1-3H3/t15-,18+/m0/s1. The van der Waals surface area contributed by atoms with Crippen molar-refractivity contribution in [2.75, 3.05) is 0 Å². The molecular weight excluding hydrogens is 324 g/mol. The quantitative estimate of drug-likeness (QED) is 0.883. The third-order valence-electron chi connectivity index (χ3n) is 5.85. The molecule has 6 heteroatoms. The number of hydrogen-bond acceptors (Lipinski definition) is 5. The predicted octanol–water partition coefficient (Wildman–Crippen LogP) is 3.11. The van der Waals surface area contributed by atoms with Gasteiger partial charge in [0, 0.05) is 23.7 Å². The van der Waals surface area contributed by atoms with Gasteiger partial charge in [0.15, 0.2) is 5.41 Å². The van der Waals surface area contributed by atoms with Gasteiger partial charge in [0.1, 0.15) is 6.07 Å². The molecule has 2 aliphatic rings. The highest BCUT2D eigenvalue weighted by atomic mass is 15.3. The highest BCUT2D eigenvalue weighted by Crippen LogP contribution is 2.56. The number of hydrogen-bond donors (Lipinski definition) is 1. The van der Waals surface area contributed by atoms with E-state index >= 15 is 0 Å². The van der Waals surface area contributed by atoms with Crippen molar-refractivity contribution in [3.63, 3.8) is 0 Å². The normalized spacial score (nSPS) is 24.1. The Morgan fingerprint density at radius 1 is 1.31 bits per heavy atom. The summed E-state index contributed by atoms with van der Waals surface area (Å²) in [6, 6.07) is 6.53. The van der Waals surface area contributed by atoms with Crippen LogP contribution in [-0.2, 0) is 6.54 Å². The Morgan fingerprint density at radius 2 is 2.00 bits per heavy atom. The van der Waals surface area contributed by atoms with Gasteiger partial charge >= 0.3 is 0 Å². The molecule has 0 fully saturated rings. The molecule has 26 heavy (non-hydrogen) atoms. The molecule has 0 radical (unpaired) electrons. The summed E-state index contributed by atoms with van der Waals surface area (Å²) in [6.45, 7) is 6.62. The Balaban J connectivity index is 2.39. The molecule has 2 atom stereocenters. The molecule has 1 heterocycles. The summed E-state index contributed by atoms with van der Waals surface area (Å²) in [5.41, 5.74) is 8.75. The van der Waals surface area contributed by atoms with E-state index in [-0.39, 0.29) is 11.6 Å². The summed E-state index contributed by atoms with van der Waals surface area (Å²) in [6.07, 6.45) is 4.74. The number of aromatic nitrogens is 2. The van der Waals surface area contributed by atoms with Crippen LogP contribution in [0, 0.1) is 59.2 Å². The average Bonchev–Trinajstić information content (AvgIpc) is 2.94. The summed E-state index contributed by atoms with van der Waals surface area (Å²) in [5.74, 6) is -0.488. The fraction of sp³-hybridized carbons (Fsp3) is 0.500. The zero-order chi connectivity index (χ0) is 19.1. The Kier molecular flexibility index (Phi) is 4.34. The average molecular weight is 346 g/mol. The third-order valence-corrected chi connectivity index (χ3v) is 5.85. The number of allylic oxidation sites excluding steroid dienone is 4.